The molecule has 92 valence electrons. The van der Waals surface area contributed by atoms with Gasteiger partial charge in [-0.3, -0.25) is 0 Å². The highest BCUT2D eigenvalue weighted by Crippen LogP contribution is 2.26. The van der Waals surface area contributed by atoms with Crippen LogP contribution < -0.4 is 0 Å². The fourth-order valence-electron chi connectivity index (χ4n) is 1.52. The normalized spacial score (nSPS) is 14.8. The monoisotopic (exact) mass is 234 g/mol. The lowest BCUT2D eigenvalue weighted by atomic mass is 9.94. The first kappa shape index (κ1) is 13.5. The van der Waals surface area contributed by atoms with E-state index in [1.165, 1.54) is 0 Å². The largest absolute Gasteiger partial charge is 0.479 e. The number of allylic oxidation sites excluding steroid dienone is 1. The Kier molecular flexibility index (Phi) is 4.46. The van der Waals surface area contributed by atoms with E-state index in [-0.39, 0.29) is 6.61 Å². The number of benzene rings is 1. The first-order chi connectivity index (χ1) is 8.00. The first-order valence-electron chi connectivity index (χ1n) is 5.56. The van der Waals surface area contributed by atoms with E-state index in [1.807, 2.05) is 38.1 Å². The molecule has 0 aliphatic rings. The smallest absolute Gasteiger partial charge is 0.340 e. The molecule has 0 bridgehead atoms. The maximum Gasteiger partial charge on any atom is 0.340 e. The van der Waals surface area contributed by atoms with Crippen molar-refractivity contribution in [2.75, 3.05) is 6.61 Å². The summed E-state index contributed by atoms with van der Waals surface area (Å²) >= 11 is 0. The number of carboxylic acids is 1. The zero-order valence-electron chi connectivity index (χ0n) is 10.4. The Morgan fingerprint density at radius 1 is 1.53 bits per heavy atom. The molecule has 0 aliphatic heterocycles. The second-order valence-electron chi connectivity index (χ2n) is 4.09. The van der Waals surface area contributed by atoms with Gasteiger partial charge in [0.1, 0.15) is 0 Å². The summed E-state index contributed by atoms with van der Waals surface area (Å²) in [7, 11) is 0. The van der Waals surface area contributed by atoms with Crippen LogP contribution in [0.1, 0.15) is 25.0 Å². The van der Waals surface area contributed by atoms with Crippen molar-refractivity contribution in [2.24, 2.45) is 0 Å². The molecular formula is C14H18O3. The van der Waals surface area contributed by atoms with E-state index in [0.717, 1.165) is 5.56 Å². The molecule has 0 aromatic heterocycles. The summed E-state index contributed by atoms with van der Waals surface area (Å²) in [5, 5.41) is 9.33. The van der Waals surface area contributed by atoms with E-state index in [2.05, 4.69) is 0 Å². The van der Waals surface area contributed by atoms with Gasteiger partial charge in [-0.1, -0.05) is 42.0 Å². The minimum Gasteiger partial charge on any atom is -0.479 e. The second kappa shape index (κ2) is 5.64. The van der Waals surface area contributed by atoms with Crippen LogP contribution in [0.2, 0.25) is 0 Å². The van der Waals surface area contributed by atoms with E-state index >= 15 is 0 Å². The summed E-state index contributed by atoms with van der Waals surface area (Å²) in [6, 6.07) is 7.38. The molecule has 1 aromatic carbocycles. The first-order valence-corrected chi connectivity index (χ1v) is 5.56. The van der Waals surface area contributed by atoms with Crippen LogP contribution in [0.25, 0.3) is 0 Å². The Bertz CT molecular complexity index is 423. The van der Waals surface area contributed by atoms with Gasteiger partial charge in [-0.15, -0.1) is 0 Å². The lowest BCUT2D eigenvalue weighted by molar-refractivity contribution is -0.163. The van der Waals surface area contributed by atoms with Crippen molar-refractivity contribution in [1.82, 2.24) is 0 Å². The fourth-order valence-corrected chi connectivity index (χ4v) is 1.52. The molecule has 1 aromatic rings. The number of carboxylic acid groups (broad SMARTS) is 1. The molecule has 1 atom stereocenters. The molecule has 0 fully saturated rings. The molecule has 1 unspecified atom stereocenters. The van der Waals surface area contributed by atoms with Crippen molar-refractivity contribution in [3.63, 3.8) is 0 Å². The number of rotatable bonds is 5. The van der Waals surface area contributed by atoms with Gasteiger partial charge in [0.2, 0.25) is 0 Å². The Balaban J connectivity index is 3.02. The highest BCUT2D eigenvalue weighted by atomic mass is 16.5. The molecule has 0 radical (unpaired) electrons. The van der Waals surface area contributed by atoms with Crippen molar-refractivity contribution in [2.45, 2.75) is 26.4 Å². The van der Waals surface area contributed by atoms with Gasteiger partial charge in [0.25, 0.3) is 0 Å². The lowest BCUT2D eigenvalue weighted by Crippen LogP contribution is -2.35. The average molecular weight is 234 g/mol. The molecule has 17 heavy (non-hydrogen) atoms. The molecule has 1 N–H and O–H groups in total. The fraction of sp³-hybridized carbons (Fsp3) is 0.357. The van der Waals surface area contributed by atoms with Gasteiger partial charge in [-0.2, -0.15) is 0 Å². The summed E-state index contributed by atoms with van der Waals surface area (Å²) in [6.07, 6.45) is 3.62. The number of aliphatic carboxylic acids is 1. The van der Waals surface area contributed by atoms with Crippen molar-refractivity contribution in [3.05, 3.63) is 47.5 Å². The zero-order chi connectivity index (χ0) is 12.9. The predicted molar refractivity (Wildman–Crippen MR) is 66.9 cm³/mol. The molecule has 0 saturated heterocycles. The maximum absolute atomic E-state index is 11.4. The number of aryl methyl sites for hydroxylation is 1. The Morgan fingerprint density at radius 3 is 2.76 bits per heavy atom. The summed E-state index contributed by atoms with van der Waals surface area (Å²) in [6.45, 7) is 5.66. The third-order valence-corrected chi connectivity index (χ3v) is 2.68. The maximum atomic E-state index is 11.4. The van der Waals surface area contributed by atoms with Crippen LogP contribution in [0.15, 0.2) is 36.4 Å². The average Bonchev–Trinajstić information content (AvgIpc) is 2.29. The van der Waals surface area contributed by atoms with Gasteiger partial charge in [0, 0.05) is 0 Å². The van der Waals surface area contributed by atoms with Crippen LogP contribution in [0.3, 0.4) is 0 Å². The van der Waals surface area contributed by atoms with Crippen molar-refractivity contribution in [3.8, 4) is 0 Å². The minimum absolute atomic E-state index is 0.285. The van der Waals surface area contributed by atoms with Gasteiger partial charge < -0.3 is 9.84 Å². The van der Waals surface area contributed by atoms with Gasteiger partial charge in [0.05, 0.1) is 6.61 Å². The molecule has 0 spiro atoms. The SMILES string of the molecule is CC=CCOC(C)(C(=O)O)c1cccc(C)c1. The van der Waals surface area contributed by atoms with Crippen LogP contribution in [-0.4, -0.2) is 17.7 Å². The van der Waals surface area contributed by atoms with Crippen LogP contribution in [0.4, 0.5) is 0 Å². The van der Waals surface area contributed by atoms with Crippen LogP contribution in [-0.2, 0) is 15.1 Å². The van der Waals surface area contributed by atoms with Gasteiger partial charge in [0.15, 0.2) is 5.60 Å². The quantitative estimate of drug-likeness (QED) is 0.797. The number of hydrogen-bond acceptors (Lipinski definition) is 2. The van der Waals surface area contributed by atoms with E-state index in [9.17, 15) is 9.90 Å². The minimum atomic E-state index is -1.30. The van der Waals surface area contributed by atoms with Crippen LogP contribution in [0, 0.1) is 6.92 Å². The molecule has 3 heteroatoms. The van der Waals surface area contributed by atoms with E-state index in [4.69, 9.17) is 4.74 Å². The summed E-state index contributed by atoms with van der Waals surface area (Å²) in [5.74, 6) is -0.979. The molecule has 0 amide bonds. The van der Waals surface area contributed by atoms with Gasteiger partial charge in [-0.05, 0) is 26.3 Å². The Hall–Kier alpha value is -1.61. The highest BCUT2D eigenvalue weighted by molar-refractivity contribution is 5.79. The topological polar surface area (TPSA) is 46.5 Å². The van der Waals surface area contributed by atoms with Gasteiger partial charge >= 0.3 is 5.97 Å². The second-order valence-corrected chi connectivity index (χ2v) is 4.09. The molecular weight excluding hydrogens is 216 g/mol. The number of ether oxygens (including phenoxy) is 1. The zero-order valence-corrected chi connectivity index (χ0v) is 10.4. The standard InChI is InChI=1S/C14H18O3/c1-4-5-9-17-14(3,13(15)16)12-8-6-7-11(2)10-12/h4-8,10H,9H2,1-3H3,(H,15,16). The predicted octanol–water partition coefficient (Wildman–Crippen LogP) is 2.89. The van der Waals surface area contributed by atoms with E-state index in [0.29, 0.717) is 5.56 Å². The van der Waals surface area contributed by atoms with E-state index < -0.39 is 11.6 Å². The van der Waals surface area contributed by atoms with E-state index in [1.54, 1.807) is 19.1 Å². The summed E-state index contributed by atoms with van der Waals surface area (Å²) < 4.78 is 5.49. The van der Waals surface area contributed by atoms with Crippen molar-refractivity contribution in [1.29, 1.82) is 0 Å². The summed E-state index contributed by atoms with van der Waals surface area (Å²) in [5.41, 5.74) is 0.380. The molecule has 1 rings (SSSR count). The molecule has 0 aliphatic carbocycles. The lowest BCUT2D eigenvalue weighted by Gasteiger charge is -2.25. The Morgan fingerprint density at radius 2 is 2.24 bits per heavy atom. The number of carbonyl (C=O) groups is 1. The van der Waals surface area contributed by atoms with Gasteiger partial charge in [-0.25, -0.2) is 4.79 Å². The third-order valence-electron chi connectivity index (χ3n) is 2.68. The Labute approximate surface area is 102 Å². The molecule has 0 saturated carbocycles. The molecule has 0 heterocycles. The van der Waals surface area contributed by atoms with Crippen molar-refractivity contribution < 1.29 is 14.6 Å². The van der Waals surface area contributed by atoms with Crippen molar-refractivity contribution >= 4 is 5.97 Å². The number of hydrogen-bond donors (Lipinski definition) is 1. The third kappa shape index (κ3) is 3.17. The van der Waals surface area contributed by atoms with Crippen LogP contribution in [0.5, 0.6) is 0 Å². The molecule has 3 nitrogen and oxygen atoms in total. The highest BCUT2D eigenvalue weighted by Gasteiger charge is 2.36. The summed E-state index contributed by atoms with van der Waals surface area (Å²) in [4.78, 5) is 11.4. The van der Waals surface area contributed by atoms with Crippen LogP contribution >= 0.6 is 0 Å².